The van der Waals surface area contributed by atoms with E-state index in [0.29, 0.717) is 25.1 Å². The van der Waals surface area contributed by atoms with E-state index >= 15 is 0 Å². The average molecular weight is 453 g/mol. The number of carbonyl (C=O) groups is 2. The van der Waals surface area contributed by atoms with E-state index in [1.54, 1.807) is 17.0 Å². The van der Waals surface area contributed by atoms with Crippen LogP contribution < -0.4 is 11.0 Å². The molecule has 1 atom stereocenters. The van der Waals surface area contributed by atoms with Crippen LogP contribution in [0.15, 0.2) is 47.4 Å². The van der Waals surface area contributed by atoms with E-state index in [9.17, 15) is 22.8 Å². The topological polar surface area (TPSA) is 79.9 Å². The smallest absolute Gasteiger partial charge is 0.348 e. The second-order valence-corrected chi connectivity index (χ2v) is 8.11. The largest absolute Gasteiger partial charge is 0.446 e. The molecule has 2 aliphatic rings. The summed E-state index contributed by atoms with van der Waals surface area (Å²) in [6.45, 7) is 1.03. The van der Waals surface area contributed by atoms with Gasteiger partial charge in [0.15, 0.2) is 6.23 Å². The van der Waals surface area contributed by atoms with Crippen molar-refractivity contribution in [3.63, 3.8) is 0 Å². The quantitative estimate of drug-likeness (QED) is 0.676. The van der Waals surface area contributed by atoms with Crippen molar-refractivity contribution in [3.8, 4) is 0 Å². The Morgan fingerprint density at radius 1 is 1.23 bits per heavy atom. The molecule has 4 rings (SSSR count). The number of amides is 2. The van der Waals surface area contributed by atoms with Gasteiger partial charge in [0, 0.05) is 35.5 Å². The minimum absolute atomic E-state index is 0.0144. The van der Waals surface area contributed by atoms with Gasteiger partial charge in [0.2, 0.25) is 0 Å². The van der Waals surface area contributed by atoms with Crippen LogP contribution in [0, 0.1) is 0 Å². The fourth-order valence-corrected chi connectivity index (χ4v) is 3.94. The van der Waals surface area contributed by atoms with Gasteiger partial charge < -0.3 is 10.2 Å². The Morgan fingerprint density at radius 2 is 2.00 bits per heavy atom. The molecule has 0 radical (unpaired) electrons. The lowest BCUT2D eigenvalue weighted by molar-refractivity contribution is -0.266. The first-order valence-electron chi connectivity index (χ1n) is 9.39. The normalized spacial score (nSPS) is 18.7. The summed E-state index contributed by atoms with van der Waals surface area (Å²) >= 11 is -0.230. The van der Waals surface area contributed by atoms with Crippen LogP contribution in [0.5, 0.6) is 0 Å². The Hall–Kier alpha value is -2.60. The molecule has 0 saturated carbocycles. The van der Waals surface area contributed by atoms with Gasteiger partial charge in [-0.2, -0.15) is 13.2 Å². The number of fused-ring (bicyclic) bond motifs is 1. The number of carbonyl (C=O) groups excluding carboxylic acids is 2. The Morgan fingerprint density at radius 3 is 2.68 bits per heavy atom. The number of nitrogens with one attached hydrogen (secondary N) is 2. The molecule has 11 heteroatoms. The van der Waals surface area contributed by atoms with E-state index in [2.05, 4.69) is 11.0 Å². The highest BCUT2D eigenvalue weighted by molar-refractivity contribution is 8.00. The molecule has 1 saturated heterocycles. The van der Waals surface area contributed by atoms with E-state index in [1.165, 1.54) is 24.3 Å². The second-order valence-electron chi connectivity index (χ2n) is 6.97. The van der Waals surface area contributed by atoms with E-state index in [-0.39, 0.29) is 34.7 Å². The first-order chi connectivity index (χ1) is 14.8. The van der Waals surface area contributed by atoms with Crippen LogP contribution >= 0.6 is 11.8 Å². The van der Waals surface area contributed by atoms with Crippen LogP contribution in [0.1, 0.15) is 38.3 Å². The molecule has 2 heterocycles. The molecule has 2 aromatic rings. The fourth-order valence-electron chi connectivity index (χ4n) is 3.40. The minimum Gasteiger partial charge on any atom is -0.348 e. The third-order valence-corrected chi connectivity index (χ3v) is 5.60. The van der Waals surface area contributed by atoms with E-state index < -0.39 is 17.6 Å². The lowest BCUT2D eigenvalue weighted by atomic mass is 10.1. The van der Waals surface area contributed by atoms with Gasteiger partial charge in [-0.25, -0.2) is 0 Å². The van der Waals surface area contributed by atoms with Crippen molar-refractivity contribution in [1.29, 1.82) is 0 Å². The molecule has 7 nitrogen and oxygen atoms in total. The molecule has 0 aromatic heterocycles. The maximum absolute atomic E-state index is 12.6. The summed E-state index contributed by atoms with van der Waals surface area (Å²) in [7, 11) is 0. The third kappa shape index (κ3) is 5.18. The van der Waals surface area contributed by atoms with Gasteiger partial charge in [0.25, 0.3) is 11.8 Å². The van der Waals surface area contributed by atoms with Crippen LogP contribution in [-0.2, 0) is 22.8 Å². The van der Waals surface area contributed by atoms with Gasteiger partial charge in [0.1, 0.15) is 0 Å². The SMILES string of the molecule is O=C(NCc1ccc2c(c1)CN(C1CCONO1)C2=O)c1ccc(SC(F)(F)F)cc1. The van der Waals surface area contributed by atoms with Gasteiger partial charge in [-0.15, -0.1) is 0 Å². The molecule has 2 N–H and O–H groups in total. The molecule has 164 valence electrons. The zero-order valence-electron chi connectivity index (χ0n) is 16.1. The summed E-state index contributed by atoms with van der Waals surface area (Å²) in [5.74, 6) is -0.528. The predicted octanol–water partition coefficient (Wildman–Crippen LogP) is 3.37. The van der Waals surface area contributed by atoms with Gasteiger partial charge >= 0.3 is 5.51 Å². The summed E-state index contributed by atoms with van der Waals surface area (Å²) < 4.78 is 37.2. The Kier molecular flexibility index (Phi) is 6.19. The highest BCUT2D eigenvalue weighted by Gasteiger charge is 2.34. The maximum atomic E-state index is 12.6. The lowest BCUT2D eigenvalue weighted by Crippen LogP contribution is -2.45. The summed E-state index contributed by atoms with van der Waals surface area (Å²) in [5.41, 5.74) is 0.446. The molecule has 0 bridgehead atoms. The first kappa shape index (κ1) is 21.6. The Bertz CT molecular complexity index is 979. The number of hydrogen-bond acceptors (Lipinski definition) is 6. The summed E-state index contributed by atoms with van der Waals surface area (Å²) in [4.78, 5) is 36.7. The number of nitrogens with zero attached hydrogens (tertiary/aromatic N) is 1. The van der Waals surface area contributed by atoms with Crippen molar-refractivity contribution >= 4 is 23.6 Å². The molecule has 0 spiro atoms. The number of thioether (sulfide) groups is 1. The number of rotatable bonds is 5. The molecule has 2 aromatic carbocycles. The highest BCUT2D eigenvalue weighted by Crippen LogP contribution is 2.36. The minimum atomic E-state index is -4.37. The fraction of sp³-hybridized carbons (Fsp3) is 0.300. The zero-order valence-corrected chi connectivity index (χ0v) is 16.9. The number of alkyl halides is 3. The number of hydrogen-bond donors (Lipinski definition) is 2. The van der Waals surface area contributed by atoms with Crippen LogP contribution in [0.2, 0.25) is 0 Å². The second kappa shape index (κ2) is 8.87. The van der Waals surface area contributed by atoms with E-state index in [1.807, 2.05) is 6.07 Å². The predicted molar refractivity (Wildman–Crippen MR) is 104 cm³/mol. The van der Waals surface area contributed by atoms with Crippen molar-refractivity contribution < 1.29 is 32.4 Å². The van der Waals surface area contributed by atoms with Gasteiger partial charge in [-0.05, 0) is 53.2 Å². The zero-order chi connectivity index (χ0) is 22.0. The Balaban J connectivity index is 1.36. The summed E-state index contributed by atoms with van der Waals surface area (Å²) in [6, 6.07) is 10.5. The highest BCUT2D eigenvalue weighted by atomic mass is 32.2. The standard InChI is InChI=1S/C20H18F3N3O4S/c21-20(22,23)31-15-4-2-13(3-5-15)18(27)24-10-12-1-6-16-14(9-12)11-26(19(16)28)17-7-8-29-25-30-17/h1-6,9,17,25H,7-8,10-11H2,(H,24,27). The van der Waals surface area contributed by atoms with Gasteiger partial charge in [-0.3, -0.25) is 19.3 Å². The van der Waals surface area contributed by atoms with Crippen LogP contribution in [-0.4, -0.2) is 35.1 Å². The molecule has 1 fully saturated rings. The van der Waals surface area contributed by atoms with Crippen LogP contribution in [0.4, 0.5) is 13.2 Å². The van der Waals surface area contributed by atoms with Crippen LogP contribution in [0.25, 0.3) is 0 Å². The number of halogens is 3. The molecule has 2 amide bonds. The van der Waals surface area contributed by atoms with Crippen LogP contribution in [0.3, 0.4) is 0 Å². The molecule has 31 heavy (non-hydrogen) atoms. The van der Waals surface area contributed by atoms with Crippen molar-refractivity contribution in [1.82, 2.24) is 15.9 Å². The first-order valence-corrected chi connectivity index (χ1v) is 10.2. The third-order valence-electron chi connectivity index (χ3n) is 4.86. The van der Waals surface area contributed by atoms with Crippen molar-refractivity contribution in [2.45, 2.75) is 36.1 Å². The van der Waals surface area contributed by atoms with Crippen molar-refractivity contribution in [3.05, 3.63) is 64.7 Å². The number of benzene rings is 2. The summed E-state index contributed by atoms with van der Waals surface area (Å²) in [6.07, 6.45) is 0.130. The van der Waals surface area contributed by atoms with Crippen molar-refractivity contribution in [2.24, 2.45) is 0 Å². The van der Waals surface area contributed by atoms with E-state index in [0.717, 1.165) is 11.1 Å². The molecule has 0 aliphatic carbocycles. The summed E-state index contributed by atoms with van der Waals surface area (Å²) in [5, 5.41) is 2.74. The van der Waals surface area contributed by atoms with E-state index in [4.69, 9.17) is 9.68 Å². The molecular weight excluding hydrogens is 435 g/mol. The van der Waals surface area contributed by atoms with Crippen molar-refractivity contribution in [2.75, 3.05) is 6.61 Å². The molecule has 1 unspecified atom stereocenters. The van der Waals surface area contributed by atoms with Gasteiger partial charge in [-0.1, -0.05) is 17.8 Å². The monoisotopic (exact) mass is 453 g/mol. The average Bonchev–Trinajstić information content (AvgIpc) is 3.08. The molecule has 2 aliphatic heterocycles. The Labute approximate surface area is 179 Å². The molecular formula is C20H18F3N3O4S. The van der Waals surface area contributed by atoms with Gasteiger partial charge in [0.05, 0.1) is 6.61 Å². The maximum Gasteiger partial charge on any atom is 0.446 e. The lowest BCUT2D eigenvalue weighted by Gasteiger charge is -2.30.